The number of hydrogen-bond acceptors (Lipinski definition) is 2. The van der Waals surface area contributed by atoms with E-state index in [1.54, 1.807) is 11.3 Å². The molecule has 1 amide bonds. The van der Waals surface area contributed by atoms with Crippen LogP contribution in [0.15, 0.2) is 36.4 Å². The summed E-state index contributed by atoms with van der Waals surface area (Å²) in [6, 6.07) is 12.7. The highest BCUT2D eigenvalue weighted by Crippen LogP contribution is 2.33. The number of likely N-dealkylation sites (tertiary alicyclic amines) is 1. The summed E-state index contributed by atoms with van der Waals surface area (Å²) in [6.45, 7) is 5.16. The van der Waals surface area contributed by atoms with Crippen LogP contribution in [-0.2, 0) is 0 Å². The van der Waals surface area contributed by atoms with Crippen LogP contribution in [0.25, 0.3) is 10.4 Å². The summed E-state index contributed by atoms with van der Waals surface area (Å²) in [5.74, 6) is 0.206. The van der Waals surface area contributed by atoms with Gasteiger partial charge in [-0.15, -0.1) is 11.3 Å². The number of carbonyl (C=O) groups excluding carboxylic acids is 1. The third-order valence-electron chi connectivity index (χ3n) is 4.23. The molecule has 1 aliphatic rings. The zero-order valence-electron chi connectivity index (χ0n) is 12.6. The van der Waals surface area contributed by atoms with Crippen LogP contribution in [0.1, 0.15) is 41.4 Å². The van der Waals surface area contributed by atoms with Crippen molar-refractivity contribution in [3.05, 3.63) is 46.8 Å². The van der Waals surface area contributed by atoms with Gasteiger partial charge in [-0.05, 0) is 50.3 Å². The molecule has 1 unspecified atom stereocenters. The summed E-state index contributed by atoms with van der Waals surface area (Å²) in [4.78, 5) is 16.9. The van der Waals surface area contributed by atoms with Crippen LogP contribution in [0.2, 0.25) is 0 Å². The number of amides is 1. The van der Waals surface area contributed by atoms with E-state index in [1.807, 2.05) is 23.1 Å². The summed E-state index contributed by atoms with van der Waals surface area (Å²) >= 11 is 1.63. The molecule has 2 nitrogen and oxygen atoms in total. The summed E-state index contributed by atoms with van der Waals surface area (Å²) in [7, 11) is 0. The number of nitrogens with zero attached hydrogens (tertiary/aromatic N) is 1. The molecule has 0 aliphatic carbocycles. The number of rotatable bonds is 2. The Morgan fingerprint density at radius 3 is 2.71 bits per heavy atom. The molecule has 1 aliphatic heterocycles. The molecule has 1 aromatic carbocycles. The molecule has 1 atom stereocenters. The van der Waals surface area contributed by atoms with Crippen LogP contribution in [0.5, 0.6) is 0 Å². The minimum atomic E-state index is 0.206. The van der Waals surface area contributed by atoms with E-state index in [0.717, 1.165) is 24.3 Å². The van der Waals surface area contributed by atoms with Crippen molar-refractivity contribution in [2.75, 3.05) is 6.54 Å². The second-order valence-corrected chi connectivity index (χ2v) is 6.88. The Labute approximate surface area is 130 Å². The molecular weight excluding hydrogens is 278 g/mol. The van der Waals surface area contributed by atoms with E-state index in [9.17, 15) is 4.79 Å². The minimum Gasteiger partial charge on any atom is -0.335 e. The van der Waals surface area contributed by atoms with Crippen LogP contribution in [0, 0.1) is 6.92 Å². The maximum Gasteiger partial charge on any atom is 0.264 e. The highest BCUT2D eigenvalue weighted by Gasteiger charge is 2.25. The van der Waals surface area contributed by atoms with Crippen molar-refractivity contribution in [1.82, 2.24) is 4.90 Å². The predicted molar refractivity (Wildman–Crippen MR) is 88.8 cm³/mol. The summed E-state index contributed by atoms with van der Waals surface area (Å²) in [5.41, 5.74) is 2.39. The highest BCUT2D eigenvalue weighted by atomic mass is 32.1. The van der Waals surface area contributed by atoms with Crippen LogP contribution in [-0.4, -0.2) is 23.4 Å². The van der Waals surface area contributed by atoms with E-state index in [4.69, 9.17) is 0 Å². The quantitative estimate of drug-likeness (QED) is 0.784. The standard InChI is InChI=1S/C18H21NOS/c1-13-12-16(18(20)19-11-7-6-8-14(19)2)21-17(13)15-9-4-3-5-10-15/h3-5,9-10,12,14H,6-8,11H2,1-2H3. The van der Waals surface area contributed by atoms with Gasteiger partial charge in [-0.3, -0.25) is 4.79 Å². The van der Waals surface area contributed by atoms with Gasteiger partial charge in [-0.25, -0.2) is 0 Å². The first-order chi connectivity index (χ1) is 10.2. The molecule has 0 bridgehead atoms. The number of aryl methyl sites for hydroxylation is 1. The third kappa shape index (κ3) is 2.88. The van der Waals surface area contributed by atoms with Crippen LogP contribution >= 0.6 is 11.3 Å². The van der Waals surface area contributed by atoms with Crippen LogP contribution in [0.3, 0.4) is 0 Å². The van der Waals surface area contributed by atoms with E-state index in [1.165, 1.54) is 22.4 Å². The summed E-state index contributed by atoms with van der Waals surface area (Å²) in [5, 5.41) is 0. The van der Waals surface area contributed by atoms with E-state index >= 15 is 0 Å². The molecule has 3 rings (SSSR count). The fraction of sp³-hybridized carbons (Fsp3) is 0.389. The van der Waals surface area contributed by atoms with Gasteiger partial charge in [-0.1, -0.05) is 30.3 Å². The van der Waals surface area contributed by atoms with E-state index in [2.05, 4.69) is 32.0 Å². The van der Waals surface area contributed by atoms with Crippen molar-refractivity contribution >= 4 is 17.2 Å². The number of thiophene rings is 1. The lowest BCUT2D eigenvalue weighted by atomic mass is 10.0. The van der Waals surface area contributed by atoms with Crippen molar-refractivity contribution in [2.24, 2.45) is 0 Å². The zero-order valence-corrected chi connectivity index (χ0v) is 13.5. The van der Waals surface area contributed by atoms with E-state index in [-0.39, 0.29) is 5.91 Å². The fourth-order valence-electron chi connectivity index (χ4n) is 3.00. The average molecular weight is 299 g/mol. The van der Waals surface area contributed by atoms with Gasteiger partial charge in [-0.2, -0.15) is 0 Å². The molecule has 2 aromatic rings. The van der Waals surface area contributed by atoms with Crippen molar-refractivity contribution in [2.45, 2.75) is 39.2 Å². The molecule has 0 spiro atoms. The van der Waals surface area contributed by atoms with E-state index in [0.29, 0.717) is 6.04 Å². The molecular formula is C18H21NOS. The Hall–Kier alpha value is -1.61. The predicted octanol–water partition coefficient (Wildman–Crippen LogP) is 4.74. The lowest BCUT2D eigenvalue weighted by molar-refractivity contribution is 0.0640. The van der Waals surface area contributed by atoms with Gasteiger partial charge in [0.1, 0.15) is 0 Å². The maximum absolute atomic E-state index is 12.7. The molecule has 1 fully saturated rings. The van der Waals surface area contributed by atoms with Gasteiger partial charge in [0, 0.05) is 17.5 Å². The molecule has 1 aromatic heterocycles. The smallest absolute Gasteiger partial charge is 0.264 e. The lowest BCUT2D eigenvalue weighted by Gasteiger charge is -2.33. The largest absolute Gasteiger partial charge is 0.335 e. The normalized spacial score (nSPS) is 18.8. The van der Waals surface area contributed by atoms with E-state index < -0.39 is 0 Å². The molecule has 21 heavy (non-hydrogen) atoms. The van der Waals surface area contributed by atoms with Gasteiger partial charge in [0.2, 0.25) is 0 Å². The maximum atomic E-state index is 12.7. The van der Waals surface area contributed by atoms with Crippen molar-refractivity contribution in [1.29, 1.82) is 0 Å². The SMILES string of the molecule is Cc1cc(C(=O)N2CCCCC2C)sc1-c1ccccc1. The molecule has 3 heteroatoms. The van der Waals surface area contributed by atoms with Crippen molar-refractivity contribution in [3.8, 4) is 10.4 Å². The monoisotopic (exact) mass is 299 g/mol. The molecule has 0 N–H and O–H groups in total. The third-order valence-corrected chi connectivity index (χ3v) is 5.50. The van der Waals surface area contributed by atoms with Crippen LogP contribution in [0.4, 0.5) is 0 Å². The molecule has 110 valence electrons. The Balaban J connectivity index is 1.88. The number of piperidine rings is 1. The minimum absolute atomic E-state index is 0.206. The Morgan fingerprint density at radius 2 is 2.00 bits per heavy atom. The van der Waals surface area contributed by atoms with Gasteiger partial charge in [0.15, 0.2) is 0 Å². The first kappa shape index (κ1) is 14.3. The second kappa shape index (κ2) is 6.02. The van der Waals surface area contributed by atoms with Gasteiger partial charge < -0.3 is 4.90 Å². The zero-order chi connectivity index (χ0) is 14.8. The first-order valence-corrected chi connectivity index (χ1v) is 8.45. The lowest BCUT2D eigenvalue weighted by Crippen LogP contribution is -2.41. The van der Waals surface area contributed by atoms with Crippen molar-refractivity contribution < 1.29 is 4.79 Å². The first-order valence-electron chi connectivity index (χ1n) is 7.63. The molecule has 2 heterocycles. The fourth-order valence-corrected chi connectivity index (χ4v) is 4.14. The Kier molecular flexibility index (Phi) is 4.11. The number of hydrogen-bond donors (Lipinski definition) is 0. The Bertz CT molecular complexity index is 632. The highest BCUT2D eigenvalue weighted by molar-refractivity contribution is 7.17. The summed E-state index contributed by atoms with van der Waals surface area (Å²) < 4.78 is 0. The average Bonchev–Trinajstić information content (AvgIpc) is 2.90. The van der Waals surface area contributed by atoms with Gasteiger partial charge in [0.25, 0.3) is 5.91 Å². The molecule has 0 radical (unpaired) electrons. The summed E-state index contributed by atoms with van der Waals surface area (Å²) in [6.07, 6.45) is 3.50. The topological polar surface area (TPSA) is 20.3 Å². The number of carbonyl (C=O) groups is 1. The van der Waals surface area contributed by atoms with Crippen LogP contribution < -0.4 is 0 Å². The second-order valence-electron chi connectivity index (χ2n) is 5.83. The Morgan fingerprint density at radius 1 is 1.24 bits per heavy atom. The molecule has 0 saturated carbocycles. The molecule has 1 saturated heterocycles. The van der Waals surface area contributed by atoms with Crippen molar-refractivity contribution in [3.63, 3.8) is 0 Å². The van der Waals surface area contributed by atoms with Gasteiger partial charge >= 0.3 is 0 Å². The van der Waals surface area contributed by atoms with Gasteiger partial charge in [0.05, 0.1) is 4.88 Å². The number of benzene rings is 1.